The van der Waals surface area contributed by atoms with Gasteiger partial charge in [-0.25, -0.2) is 4.79 Å². The van der Waals surface area contributed by atoms with Gasteiger partial charge in [-0.3, -0.25) is 4.57 Å². The lowest BCUT2D eigenvalue weighted by Gasteiger charge is -2.23. The lowest BCUT2D eigenvalue weighted by atomic mass is 9.97. The molecule has 8 heteroatoms. The second kappa shape index (κ2) is 4.64. The Kier molecular flexibility index (Phi) is 3.30. The highest BCUT2D eigenvalue weighted by molar-refractivity contribution is 5.24. The number of hydrogen-bond acceptors (Lipinski definition) is 7. The lowest BCUT2D eigenvalue weighted by Crippen LogP contribution is -2.45. The maximum Gasteiger partial charge on any atom is 0.351 e. The Hall–Kier alpha value is -1.92. The second-order valence-corrected chi connectivity index (χ2v) is 4.18. The molecular formula is C11H13N3O5. The van der Waals surface area contributed by atoms with Crippen LogP contribution < -0.4 is 11.4 Å². The molecule has 0 aliphatic carbocycles. The molecule has 102 valence electrons. The van der Waals surface area contributed by atoms with E-state index in [0.29, 0.717) is 0 Å². The highest BCUT2D eigenvalue weighted by Crippen LogP contribution is 2.35. The minimum atomic E-state index is -1.76. The normalized spacial score (nSPS) is 34.1. The monoisotopic (exact) mass is 267 g/mol. The molecule has 0 saturated carbocycles. The van der Waals surface area contributed by atoms with Gasteiger partial charge in [0.15, 0.2) is 11.8 Å². The third-order valence-corrected chi connectivity index (χ3v) is 3.03. The number of nitrogens with zero attached hydrogens (tertiary/aromatic N) is 2. The first-order valence-electron chi connectivity index (χ1n) is 5.42. The minimum Gasteiger partial charge on any atom is -0.392 e. The highest BCUT2D eigenvalue weighted by atomic mass is 16.6. The van der Waals surface area contributed by atoms with Crippen LogP contribution in [-0.2, 0) is 4.74 Å². The summed E-state index contributed by atoms with van der Waals surface area (Å²) < 4.78 is 6.22. The van der Waals surface area contributed by atoms with Crippen LogP contribution >= 0.6 is 0 Å². The lowest BCUT2D eigenvalue weighted by molar-refractivity contribution is -0.0935. The molecule has 1 aliphatic rings. The summed E-state index contributed by atoms with van der Waals surface area (Å²) in [5.74, 6) is 2.11. The first-order chi connectivity index (χ1) is 8.95. The quantitative estimate of drug-likeness (QED) is 0.433. The topological polar surface area (TPSA) is 131 Å². The number of terminal acetylenes is 1. The maximum absolute atomic E-state index is 11.7. The number of aromatic nitrogens is 2. The van der Waals surface area contributed by atoms with Crippen LogP contribution in [-0.4, -0.2) is 49.3 Å². The van der Waals surface area contributed by atoms with Crippen LogP contribution in [0.5, 0.6) is 0 Å². The zero-order valence-corrected chi connectivity index (χ0v) is 9.80. The van der Waals surface area contributed by atoms with Crippen molar-refractivity contribution in [3.63, 3.8) is 0 Å². The Balaban J connectivity index is 2.43. The largest absolute Gasteiger partial charge is 0.392 e. The van der Waals surface area contributed by atoms with Crippen molar-refractivity contribution in [3.05, 3.63) is 22.7 Å². The van der Waals surface area contributed by atoms with E-state index in [4.69, 9.17) is 16.9 Å². The van der Waals surface area contributed by atoms with E-state index in [2.05, 4.69) is 10.9 Å². The van der Waals surface area contributed by atoms with Crippen molar-refractivity contribution >= 4 is 5.82 Å². The van der Waals surface area contributed by atoms with Gasteiger partial charge in [0.25, 0.3) is 0 Å². The average Bonchev–Trinajstić information content (AvgIpc) is 2.64. The number of nitrogen functional groups attached to an aromatic ring is 1. The van der Waals surface area contributed by atoms with E-state index >= 15 is 0 Å². The van der Waals surface area contributed by atoms with Crippen molar-refractivity contribution in [1.29, 1.82) is 0 Å². The van der Waals surface area contributed by atoms with Gasteiger partial charge in [0.1, 0.15) is 18.0 Å². The fraction of sp³-hybridized carbons (Fsp3) is 0.455. The van der Waals surface area contributed by atoms with E-state index < -0.39 is 36.3 Å². The first kappa shape index (κ1) is 13.5. The maximum atomic E-state index is 11.7. The highest BCUT2D eigenvalue weighted by Gasteiger charge is 2.54. The molecule has 4 atom stereocenters. The molecule has 0 radical (unpaired) electrons. The predicted octanol–water partition coefficient (Wildman–Crippen LogP) is -2.56. The van der Waals surface area contributed by atoms with Gasteiger partial charge in [-0.05, 0) is 6.07 Å². The van der Waals surface area contributed by atoms with Gasteiger partial charge in [-0.1, -0.05) is 5.92 Å². The molecule has 2 heterocycles. The third kappa shape index (κ3) is 1.98. The van der Waals surface area contributed by atoms with Gasteiger partial charge >= 0.3 is 5.69 Å². The van der Waals surface area contributed by atoms with Crippen molar-refractivity contribution in [2.75, 3.05) is 12.3 Å². The zero-order chi connectivity index (χ0) is 14.2. The molecule has 2 rings (SSSR count). The molecule has 1 saturated heterocycles. The van der Waals surface area contributed by atoms with Crippen LogP contribution in [0.15, 0.2) is 17.1 Å². The van der Waals surface area contributed by atoms with E-state index in [-0.39, 0.29) is 5.82 Å². The average molecular weight is 267 g/mol. The summed E-state index contributed by atoms with van der Waals surface area (Å²) in [6.07, 6.45) is 2.20. The molecule has 1 fully saturated rings. The van der Waals surface area contributed by atoms with E-state index in [0.717, 1.165) is 4.57 Å². The Morgan fingerprint density at radius 3 is 2.79 bits per heavy atom. The van der Waals surface area contributed by atoms with Crippen molar-refractivity contribution in [2.24, 2.45) is 0 Å². The predicted molar refractivity (Wildman–Crippen MR) is 63.7 cm³/mol. The second-order valence-electron chi connectivity index (χ2n) is 4.18. The molecule has 0 amide bonds. The number of hydrogen-bond donors (Lipinski definition) is 4. The van der Waals surface area contributed by atoms with E-state index in [1.54, 1.807) is 0 Å². The van der Waals surface area contributed by atoms with Crippen molar-refractivity contribution in [3.8, 4) is 12.3 Å². The van der Waals surface area contributed by atoms with Crippen LogP contribution in [0.25, 0.3) is 0 Å². The Bertz CT molecular complexity index is 580. The fourth-order valence-corrected chi connectivity index (χ4v) is 1.92. The fourth-order valence-electron chi connectivity index (χ4n) is 1.92. The molecule has 0 bridgehead atoms. The van der Waals surface area contributed by atoms with Crippen molar-refractivity contribution < 1.29 is 20.1 Å². The molecular weight excluding hydrogens is 254 g/mol. The van der Waals surface area contributed by atoms with E-state index in [9.17, 15) is 20.1 Å². The van der Waals surface area contributed by atoms with Gasteiger partial charge in [-0.15, -0.1) is 6.42 Å². The smallest absolute Gasteiger partial charge is 0.351 e. The summed E-state index contributed by atoms with van der Waals surface area (Å²) in [5.41, 5.74) is 2.82. The van der Waals surface area contributed by atoms with Gasteiger partial charge in [-0.2, -0.15) is 4.98 Å². The summed E-state index contributed by atoms with van der Waals surface area (Å²) in [5, 5.41) is 29.0. The van der Waals surface area contributed by atoms with Gasteiger partial charge < -0.3 is 25.8 Å². The molecule has 0 spiro atoms. The number of aliphatic hydroxyl groups excluding tert-OH is 3. The summed E-state index contributed by atoms with van der Waals surface area (Å²) in [6, 6.07) is 1.33. The minimum absolute atomic E-state index is 0.0136. The summed E-state index contributed by atoms with van der Waals surface area (Å²) in [7, 11) is 0. The Morgan fingerprint density at radius 1 is 1.63 bits per heavy atom. The van der Waals surface area contributed by atoms with Crippen molar-refractivity contribution in [1.82, 2.24) is 9.55 Å². The van der Waals surface area contributed by atoms with Gasteiger partial charge in [0, 0.05) is 6.20 Å². The van der Waals surface area contributed by atoms with E-state index in [1.165, 1.54) is 12.3 Å². The Labute approximate surface area is 108 Å². The summed E-state index contributed by atoms with van der Waals surface area (Å²) >= 11 is 0. The molecule has 1 unspecified atom stereocenters. The number of nitrogens with two attached hydrogens (primary N) is 1. The van der Waals surface area contributed by atoms with Gasteiger partial charge in [0.2, 0.25) is 0 Å². The van der Waals surface area contributed by atoms with Crippen LogP contribution in [0.4, 0.5) is 5.82 Å². The molecule has 5 N–H and O–H groups in total. The van der Waals surface area contributed by atoms with Gasteiger partial charge in [0.05, 0.1) is 6.61 Å². The molecule has 1 aromatic rings. The first-order valence-corrected chi connectivity index (χ1v) is 5.42. The summed E-state index contributed by atoms with van der Waals surface area (Å²) in [4.78, 5) is 15.1. The molecule has 1 aliphatic heterocycles. The molecule has 8 nitrogen and oxygen atoms in total. The number of anilines is 1. The third-order valence-electron chi connectivity index (χ3n) is 3.03. The molecule has 19 heavy (non-hydrogen) atoms. The van der Waals surface area contributed by atoms with Crippen LogP contribution in [0.1, 0.15) is 6.23 Å². The van der Waals surface area contributed by atoms with Crippen molar-refractivity contribution in [2.45, 2.75) is 24.0 Å². The number of ether oxygens (including phenoxy) is 1. The van der Waals surface area contributed by atoms with Crippen LogP contribution in [0, 0.1) is 12.3 Å². The molecule has 0 aromatic carbocycles. The van der Waals surface area contributed by atoms with Crippen LogP contribution in [0.3, 0.4) is 0 Å². The van der Waals surface area contributed by atoms with E-state index in [1.807, 2.05) is 0 Å². The SMILES string of the molecule is C#C[C@]1(CO)OC(n2ccc(N)nc2=O)[C@H](O)[C@@H]1O. The Morgan fingerprint density at radius 2 is 2.32 bits per heavy atom. The van der Waals surface area contributed by atoms with Crippen LogP contribution in [0.2, 0.25) is 0 Å². The summed E-state index contributed by atoms with van der Waals surface area (Å²) in [6.45, 7) is -0.699. The standard InChI is InChI=1S/C11H13N3O5/c1-2-11(5-15)8(17)7(16)9(19-11)14-4-3-6(12)13-10(14)18/h1,3-4,7-9,15-17H,5H2,(H2,12,13,18)/t7-,8+,9?,11-/m1/s1. The number of aliphatic hydroxyl groups is 3. The molecule has 1 aromatic heterocycles. The zero-order valence-electron chi connectivity index (χ0n) is 9.80. The number of rotatable bonds is 2.